The average molecular weight is 819 g/mol. The molecule has 0 bridgehead atoms. The van der Waals surface area contributed by atoms with Crippen LogP contribution < -0.4 is 14.7 Å². The average Bonchev–Trinajstić information content (AvgIpc) is 3.68. The highest BCUT2D eigenvalue weighted by Gasteiger charge is 2.18. The maximum atomic E-state index is 4.39. The van der Waals surface area contributed by atoms with Crippen LogP contribution in [0.25, 0.3) is 44.2 Å². The summed E-state index contributed by atoms with van der Waals surface area (Å²) in [5.74, 6) is 0. The van der Waals surface area contributed by atoms with E-state index in [0.29, 0.717) is 0 Å². The van der Waals surface area contributed by atoms with Crippen LogP contribution in [0, 0.1) is 0 Å². The molecule has 0 saturated carbocycles. The van der Waals surface area contributed by atoms with Crippen LogP contribution in [0.1, 0.15) is 26.3 Å². The van der Waals surface area contributed by atoms with Crippen molar-refractivity contribution in [2.24, 2.45) is 0 Å². The fourth-order valence-corrected chi connectivity index (χ4v) is 8.28. The molecule has 0 N–H and O–H groups in total. The molecule has 0 fully saturated rings. The first-order valence-electron chi connectivity index (χ1n) is 21.6. The Balaban J connectivity index is 1.20. The predicted molar refractivity (Wildman–Crippen MR) is 274 cm³/mol. The van der Waals surface area contributed by atoms with Crippen molar-refractivity contribution in [3.05, 3.63) is 248 Å². The van der Waals surface area contributed by atoms with E-state index in [2.05, 4.69) is 260 Å². The second kappa shape index (κ2) is 19.3. The van der Waals surface area contributed by atoms with Gasteiger partial charge in [-0.2, -0.15) is 0 Å². The SMILES string of the molecule is C=C(/C=C\C=C/C)c1ccccc1N(C)c1ccc(N(C(/C=C\C)=C/C=C(\C)N(C)c2ccccc2-c2ccccc2)c2ccc(-n3c4ccccc4c4ccccc43)cc2)cc1. The van der Waals surface area contributed by atoms with Crippen molar-refractivity contribution >= 4 is 55.8 Å². The molecule has 0 aliphatic heterocycles. The number of hydrogen-bond donors (Lipinski definition) is 0. The third-order valence-corrected chi connectivity index (χ3v) is 11.6. The molecule has 0 amide bonds. The lowest BCUT2D eigenvalue weighted by Gasteiger charge is -2.28. The number of nitrogens with zero attached hydrogens (tertiary/aromatic N) is 4. The topological polar surface area (TPSA) is 14.7 Å². The molecule has 4 nitrogen and oxygen atoms in total. The third-order valence-electron chi connectivity index (χ3n) is 11.6. The number of rotatable bonds is 14. The van der Waals surface area contributed by atoms with Crippen LogP contribution in [0.15, 0.2) is 243 Å². The largest absolute Gasteiger partial charge is 0.348 e. The van der Waals surface area contributed by atoms with Crippen molar-refractivity contribution in [3.63, 3.8) is 0 Å². The van der Waals surface area contributed by atoms with Crippen molar-refractivity contribution in [2.45, 2.75) is 20.8 Å². The summed E-state index contributed by atoms with van der Waals surface area (Å²) in [7, 11) is 4.26. The highest BCUT2D eigenvalue weighted by molar-refractivity contribution is 6.09. The van der Waals surface area contributed by atoms with Crippen molar-refractivity contribution in [3.8, 4) is 16.8 Å². The minimum absolute atomic E-state index is 0.960. The van der Waals surface area contributed by atoms with Crippen molar-refractivity contribution < 1.29 is 0 Å². The van der Waals surface area contributed by atoms with Gasteiger partial charge in [-0.1, -0.05) is 140 Å². The van der Waals surface area contributed by atoms with E-state index in [9.17, 15) is 0 Å². The van der Waals surface area contributed by atoms with Gasteiger partial charge in [0.05, 0.1) is 11.0 Å². The lowest BCUT2D eigenvalue weighted by molar-refractivity contribution is 1.09. The molecule has 0 unspecified atom stereocenters. The summed E-state index contributed by atoms with van der Waals surface area (Å²) in [5, 5.41) is 2.50. The Morgan fingerprint density at radius 2 is 1.08 bits per heavy atom. The normalized spacial score (nSPS) is 12.3. The molecule has 310 valence electrons. The van der Waals surface area contributed by atoms with Crippen LogP contribution in [0.2, 0.25) is 0 Å². The van der Waals surface area contributed by atoms with Gasteiger partial charge >= 0.3 is 0 Å². The van der Waals surface area contributed by atoms with Gasteiger partial charge < -0.3 is 19.3 Å². The Bertz CT molecular complexity index is 2960. The van der Waals surface area contributed by atoms with Crippen LogP contribution >= 0.6 is 0 Å². The summed E-state index contributed by atoms with van der Waals surface area (Å²) in [5.41, 5.74) is 15.5. The monoisotopic (exact) mass is 818 g/mol. The van der Waals surface area contributed by atoms with Crippen LogP contribution in [-0.2, 0) is 0 Å². The van der Waals surface area contributed by atoms with Crippen LogP contribution in [0.4, 0.5) is 28.4 Å². The molecule has 0 aliphatic rings. The molecular weight excluding hydrogens is 765 g/mol. The number of benzene rings is 7. The van der Waals surface area contributed by atoms with Gasteiger partial charge in [0.25, 0.3) is 0 Å². The van der Waals surface area contributed by atoms with E-state index in [-0.39, 0.29) is 0 Å². The fourth-order valence-electron chi connectivity index (χ4n) is 8.28. The van der Waals surface area contributed by atoms with Crippen molar-refractivity contribution in [1.29, 1.82) is 0 Å². The van der Waals surface area contributed by atoms with Gasteiger partial charge in [0, 0.05) is 81.5 Å². The summed E-state index contributed by atoms with van der Waals surface area (Å²) in [6, 6.07) is 62.7. The fraction of sp³-hybridized carbons (Fsp3) is 0.0847. The molecule has 1 aromatic heterocycles. The zero-order chi connectivity index (χ0) is 43.7. The van der Waals surface area contributed by atoms with Crippen molar-refractivity contribution in [1.82, 2.24) is 4.57 Å². The van der Waals surface area contributed by atoms with E-state index >= 15 is 0 Å². The number of anilines is 5. The second-order valence-corrected chi connectivity index (χ2v) is 15.6. The van der Waals surface area contributed by atoms with Gasteiger partial charge in [0.15, 0.2) is 0 Å². The number of aromatic nitrogens is 1. The first kappa shape index (κ1) is 41.9. The lowest BCUT2D eigenvalue weighted by Crippen LogP contribution is -2.17. The van der Waals surface area contributed by atoms with Gasteiger partial charge in [-0.3, -0.25) is 0 Å². The minimum Gasteiger partial charge on any atom is -0.348 e. The van der Waals surface area contributed by atoms with E-state index in [1.54, 1.807) is 0 Å². The maximum absolute atomic E-state index is 4.39. The zero-order valence-corrected chi connectivity index (χ0v) is 36.9. The number of para-hydroxylation sites is 4. The van der Waals surface area contributed by atoms with Gasteiger partial charge in [0.1, 0.15) is 0 Å². The molecule has 8 aromatic rings. The number of fused-ring (bicyclic) bond motifs is 3. The molecular formula is C59H54N4. The Morgan fingerprint density at radius 3 is 1.73 bits per heavy atom. The summed E-state index contributed by atoms with van der Waals surface area (Å²) >= 11 is 0. The van der Waals surface area contributed by atoms with E-state index in [1.165, 1.54) is 32.9 Å². The Hall–Kier alpha value is -7.82. The Kier molecular flexibility index (Phi) is 12.8. The molecule has 8 rings (SSSR count). The van der Waals surface area contributed by atoms with E-state index < -0.39 is 0 Å². The Morgan fingerprint density at radius 1 is 0.524 bits per heavy atom. The predicted octanol–water partition coefficient (Wildman–Crippen LogP) is 16.0. The quantitative estimate of drug-likeness (QED) is 0.102. The molecule has 0 spiro atoms. The smallest absolute Gasteiger partial charge is 0.0541 e. The van der Waals surface area contributed by atoms with Gasteiger partial charge in [0.2, 0.25) is 0 Å². The van der Waals surface area contributed by atoms with Crippen molar-refractivity contribution in [2.75, 3.05) is 28.8 Å². The van der Waals surface area contributed by atoms with E-state index in [0.717, 1.165) is 56.7 Å². The summed E-state index contributed by atoms with van der Waals surface area (Å²) < 4.78 is 2.37. The first-order chi connectivity index (χ1) is 30.9. The standard InChI is InChI=1S/C59H54N4/c1-7-9-11-23-44(3)52-26-14-18-30-56(52)61(6)47-36-38-49(39-37-47)62(50-40-42-51(43-41-50)63-58-32-20-16-28-54(58)55-29-17-21-33-59(55)63)48(22-8-2)35-34-45(4)60(5)57-31-19-15-27-53(57)46-24-12-10-13-25-46/h7-43H,3H2,1-2,4-6H3/b9-7-,22-8-,23-11-,45-34+,48-35+. The summed E-state index contributed by atoms with van der Waals surface area (Å²) in [4.78, 5) is 6.84. The molecule has 7 aromatic carbocycles. The summed E-state index contributed by atoms with van der Waals surface area (Å²) in [6.45, 7) is 10.7. The number of hydrogen-bond acceptors (Lipinski definition) is 3. The zero-order valence-electron chi connectivity index (χ0n) is 36.9. The van der Waals surface area contributed by atoms with Gasteiger partial charge in [-0.15, -0.1) is 0 Å². The van der Waals surface area contributed by atoms with Crippen LogP contribution in [0.3, 0.4) is 0 Å². The maximum Gasteiger partial charge on any atom is 0.0541 e. The van der Waals surface area contributed by atoms with Gasteiger partial charge in [-0.25, -0.2) is 0 Å². The number of allylic oxidation sites excluding steroid dienone is 10. The molecule has 0 atom stereocenters. The van der Waals surface area contributed by atoms with E-state index in [1.807, 2.05) is 25.2 Å². The highest BCUT2D eigenvalue weighted by Crippen LogP contribution is 2.38. The molecule has 0 saturated heterocycles. The molecule has 0 aliphatic carbocycles. The Labute approximate surface area is 373 Å². The molecule has 4 heteroatoms. The second-order valence-electron chi connectivity index (χ2n) is 15.6. The highest BCUT2D eigenvalue weighted by atomic mass is 15.2. The first-order valence-corrected chi connectivity index (χ1v) is 21.6. The van der Waals surface area contributed by atoms with Crippen LogP contribution in [0.5, 0.6) is 0 Å². The lowest BCUT2D eigenvalue weighted by atomic mass is 10.0. The third kappa shape index (κ3) is 8.84. The molecule has 63 heavy (non-hydrogen) atoms. The minimum atomic E-state index is 0.960. The molecule has 0 radical (unpaired) electrons. The molecule has 1 heterocycles. The van der Waals surface area contributed by atoms with E-state index in [4.69, 9.17) is 0 Å². The van der Waals surface area contributed by atoms with Crippen LogP contribution in [-0.4, -0.2) is 18.7 Å². The summed E-state index contributed by atoms with van der Waals surface area (Å²) in [6.07, 6.45) is 16.9. The van der Waals surface area contributed by atoms with Gasteiger partial charge in [-0.05, 0) is 123 Å².